The van der Waals surface area contributed by atoms with Crippen molar-refractivity contribution < 1.29 is 4.79 Å². The highest BCUT2D eigenvalue weighted by molar-refractivity contribution is 9.10. The van der Waals surface area contributed by atoms with Crippen molar-refractivity contribution in [2.24, 2.45) is 0 Å². The molecule has 1 fully saturated rings. The van der Waals surface area contributed by atoms with Crippen LogP contribution in [-0.2, 0) is 0 Å². The summed E-state index contributed by atoms with van der Waals surface area (Å²) in [4.78, 5) is 17.0. The second kappa shape index (κ2) is 9.74. The predicted octanol–water partition coefficient (Wildman–Crippen LogP) is 3.78. The van der Waals surface area contributed by atoms with Gasteiger partial charge in [0, 0.05) is 48.4 Å². The molecule has 0 unspecified atom stereocenters. The number of amides is 1. The highest BCUT2D eigenvalue weighted by Crippen LogP contribution is 2.15. The summed E-state index contributed by atoms with van der Waals surface area (Å²) < 4.78 is 0.987. The van der Waals surface area contributed by atoms with Crippen molar-refractivity contribution in [1.29, 1.82) is 0 Å². The normalized spacial score (nSPS) is 15.0. The van der Waals surface area contributed by atoms with Crippen LogP contribution in [0.4, 0.5) is 5.69 Å². The van der Waals surface area contributed by atoms with Gasteiger partial charge in [0.15, 0.2) is 0 Å². The molecule has 2 aromatic rings. The number of anilines is 1. The minimum absolute atomic E-state index is 0.00831. The third-order valence-corrected chi connectivity index (χ3v) is 5.32. The Labute approximate surface area is 164 Å². The Morgan fingerprint density at radius 2 is 1.62 bits per heavy atom. The van der Waals surface area contributed by atoms with E-state index in [2.05, 4.69) is 61.4 Å². The van der Waals surface area contributed by atoms with E-state index in [0.717, 1.165) is 56.6 Å². The van der Waals surface area contributed by atoms with E-state index in [1.807, 2.05) is 24.3 Å². The zero-order chi connectivity index (χ0) is 18.2. The van der Waals surface area contributed by atoms with Gasteiger partial charge in [0.2, 0.25) is 0 Å². The summed E-state index contributed by atoms with van der Waals surface area (Å²) in [5, 5.41) is 3.00. The molecule has 3 rings (SSSR count). The molecule has 1 N–H and O–H groups in total. The van der Waals surface area contributed by atoms with Gasteiger partial charge < -0.3 is 10.2 Å². The Morgan fingerprint density at radius 1 is 0.923 bits per heavy atom. The Balaban J connectivity index is 1.29. The number of benzene rings is 2. The third-order valence-electron chi connectivity index (χ3n) is 4.79. The zero-order valence-electron chi connectivity index (χ0n) is 15.0. The molecule has 138 valence electrons. The van der Waals surface area contributed by atoms with Crippen LogP contribution in [0.15, 0.2) is 59.1 Å². The van der Waals surface area contributed by atoms with E-state index >= 15 is 0 Å². The molecule has 0 spiro atoms. The fourth-order valence-corrected chi connectivity index (χ4v) is 3.50. The lowest BCUT2D eigenvalue weighted by molar-refractivity contribution is 0.0952. The maximum Gasteiger partial charge on any atom is 0.251 e. The molecule has 4 nitrogen and oxygen atoms in total. The van der Waals surface area contributed by atoms with Gasteiger partial charge in [-0.1, -0.05) is 34.1 Å². The van der Waals surface area contributed by atoms with Gasteiger partial charge in [0.05, 0.1) is 0 Å². The maximum atomic E-state index is 12.0. The van der Waals surface area contributed by atoms with Gasteiger partial charge in [-0.05, 0) is 55.8 Å². The first-order valence-electron chi connectivity index (χ1n) is 9.28. The van der Waals surface area contributed by atoms with Gasteiger partial charge in [-0.15, -0.1) is 0 Å². The smallest absolute Gasteiger partial charge is 0.251 e. The van der Waals surface area contributed by atoms with Crippen LogP contribution in [-0.4, -0.2) is 50.1 Å². The Kier molecular flexibility index (Phi) is 7.09. The molecule has 0 bridgehead atoms. The van der Waals surface area contributed by atoms with Crippen LogP contribution in [0.1, 0.15) is 23.2 Å². The zero-order valence-corrected chi connectivity index (χ0v) is 16.6. The summed E-state index contributed by atoms with van der Waals surface area (Å²) >= 11 is 3.38. The average Bonchev–Trinajstić information content (AvgIpc) is 2.69. The topological polar surface area (TPSA) is 35.6 Å². The molecule has 26 heavy (non-hydrogen) atoms. The highest BCUT2D eigenvalue weighted by Gasteiger charge is 2.16. The first-order chi connectivity index (χ1) is 12.7. The highest BCUT2D eigenvalue weighted by atomic mass is 79.9. The van der Waals surface area contributed by atoms with Crippen molar-refractivity contribution in [3.05, 3.63) is 64.6 Å². The van der Waals surface area contributed by atoms with E-state index in [0.29, 0.717) is 5.56 Å². The molecular formula is C21H26BrN3O. The fraction of sp³-hybridized carbons (Fsp3) is 0.381. The van der Waals surface area contributed by atoms with Crippen LogP contribution in [0.25, 0.3) is 0 Å². The molecule has 1 saturated heterocycles. The maximum absolute atomic E-state index is 12.0. The number of nitrogens with zero attached hydrogens (tertiary/aromatic N) is 2. The van der Waals surface area contributed by atoms with Crippen molar-refractivity contribution in [3.8, 4) is 0 Å². The van der Waals surface area contributed by atoms with Gasteiger partial charge in [-0.25, -0.2) is 0 Å². The first-order valence-corrected chi connectivity index (χ1v) is 10.1. The first kappa shape index (κ1) is 18.9. The molecule has 0 atom stereocenters. The minimum Gasteiger partial charge on any atom is -0.369 e. The van der Waals surface area contributed by atoms with E-state index in [-0.39, 0.29) is 5.91 Å². The van der Waals surface area contributed by atoms with Gasteiger partial charge in [-0.2, -0.15) is 0 Å². The molecule has 1 aliphatic heterocycles. The van der Waals surface area contributed by atoms with Crippen molar-refractivity contribution in [1.82, 2.24) is 10.2 Å². The van der Waals surface area contributed by atoms with Crippen molar-refractivity contribution in [2.45, 2.75) is 12.8 Å². The molecule has 1 aliphatic rings. The molecule has 0 saturated carbocycles. The summed E-state index contributed by atoms with van der Waals surface area (Å²) in [6.45, 7) is 6.24. The average molecular weight is 416 g/mol. The number of carbonyl (C=O) groups excluding carboxylic acids is 1. The van der Waals surface area contributed by atoms with Crippen molar-refractivity contribution in [3.63, 3.8) is 0 Å². The summed E-state index contributed by atoms with van der Waals surface area (Å²) in [5.41, 5.74) is 2.04. The molecule has 0 aliphatic carbocycles. The number of para-hydroxylation sites is 1. The number of halogens is 1. The number of hydrogen-bond acceptors (Lipinski definition) is 3. The molecule has 0 radical (unpaired) electrons. The van der Waals surface area contributed by atoms with Crippen LogP contribution in [0.5, 0.6) is 0 Å². The van der Waals surface area contributed by atoms with Crippen LogP contribution in [0.2, 0.25) is 0 Å². The Morgan fingerprint density at radius 3 is 2.31 bits per heavy atom. The molecule has 0 aromatic heterocycles. The van der Waals surface area contributed by atoms with Crippen LogP contribution in [0.3, 0.4) is 0 Å². The van der Waals surface area contributed by atoms with Crippen LogP contribution < -0.4 is 10.2 Å². The molecule has 5 heteroatoms. The van der Waals surface area contributed by atoms with Crippen molar-refractivity contribution >= 4 is 27.5 Å². The Bertz CT molecular complexity index is 682. The minimum atomic E-state index is 0.00831. The van der Waals surface area contributed by atoms with Gasteiger partial charge in [0.1, 0.15) is 0 Å². The number of hydrogen-bond donors (Lipinski definition) is 1. The summed E-state index contributed by atoms with van der Waals surface area (Å²) in [6, 6.07) is 18.1. The second-order valence-electron chi connectivity index (χ2n) is 6.63. The number of nitrogens with one attached hydrogen (secondary N) is 1. The summed E-state index contributed by atoms with van der Waals surface area (Å²) in [6.07, 6.45) is 2.13. The van der Waals surface area contributed by atoms with Crippen LogP contribution in [0, 0.1) is 0 Å². The van der Waals surface area contributed by atoms with E-state index in [1.165, 1.54) is 5.69 Å². The lowest BCUT2D eigenvalue weighted by Gasteiger charge is -2.36. The number of piperazine rings is 1. The molecule has 1 heterocycles. The van der Waals surface area contributed by atoms with Gasteiger partial charge in [0.25, 0.3) is 5.91 Å². The predicted molar refractivity (Wildman–Crippen MR) is 111 cm³/mol. The summed E-state index contributed by atoms with van der Waals surface area (Å²) in [7, 11) is 0. The van der Waals surface area contributed by atoms with E-state index in [4.69, 9.17) is 0 Å². The van der Waals surface area contributed by atoms with Crippen molar-refractivity contribution in [2.75, 3.05) is 44.2 Å². The Hall–Kier alpha value is -1.85. The molecule has 2 aromatic carbocycles. The molecule has 1 amide bonds. The van der Waals surface area contributed by atoms with Crippen LogP contribution >= 0.6 is 15.9 Å². The molecular weight excluding hydrogens is 390 g/mol. The number of carbonyl (C=O) groups is 1. The number of rotatable bonds is 7. The van der Waals surface area contributed by atoms with E-state index < -0.39 is 0 Å². The quantitative estimate of drug-likeness (QED) is 0.698. The third kappa shape index (κ3) is 5.58. The lowest BCUT2D eigenvalue weighted by atomic mass is 10.2. The second-order valence-corrected chi connectivity index (χ2v) is 7.55. The number of unbranched alkanes of at least 4 members (excludes halogenated alkanes) is 1. The monoisotopic (exact) mass is 415 g/mol. The SMILES string of the molecule is O=C(NCCCCN1CCN(c2ccccc2)CC1)c1ccc(Br)cc1. The lowest BCUT2D eigenvalue weighted by Crippen LogP contribution is -2.46. The standard InChI is InChI=1S/C21H26BrN3O/c22-19-10-8-18(9-11-19)21(26)23-12-4-5-13-24-14-16-25(17-15-24)20-6-2-1-3-7-20/h1-3,6-11H,4-5,12-17H2,(H,23,26). The van der Waals surface area contributed by atoms with E-state index in [9.17, 15) is 4.79 Å². The summed E-state index contributed by atoms with van der Waals surface area (Å²) in [5.74, 6) is 0.00831. The van der Waals surface area contributed by atoms with Gasteiger partial charge in [-0.3, -0.25) is 9.69 Å². The van der Waals surface area contributed by atoms with Gasteiger partial charge >= 0.3 is 0 Å². The largest absolute Gasteiger partial charge is 0.369 e. The fourth-order valence-electron chi connectivity index (χ4n) is 3.23. The van der Waals surface area contributed by atoms with E-state index in [1.54, 1.807) is 0 Å².